The van der Waals surface area contributed by atoms with Crippen LogP contribution in [0, 0.1) is 6.92 Å². The number of carbonyl (C=O) groups excluding carboxylic acids is 1. The normalized spacial score (nSPS) is 14.6. The molecular formula is C25H29N7O. The maximum atomic E-state index is 12.5. The smallest absolute Gasteiger partial charge is 0.273 e. The van der Waals surface area contributed by atoms with Crippen LogP contribution in [0.1, 0.15) is 54.5 Å². The van der Waals surface area contributed by atoms with Gasteiger partial charge in [0.25, 0.3) is 5.91 Å². The Kier molecular flexibility index (Phi) is 6.63. The number of nitrogens with one attached hydrogen (secondary N) is 2. The van der Waals surface area contributed by atoms with Crippen molar-refractivity contribution in [3.63, 3.8) is 0 Å². The first-order chi connectivity index (χ1) is 16.0. The molecule has 0 saturated heterocycles. The summed E-state index contributed by atoms with van der Waals surface area (Å²) in [6.07, 6.45) is 10.8. The van der Waals surface area contributed by atoms with Crippen molar-refractivity contribution in [1.29, 1.82) is 0 Å². The standard InChI is InChI=1S/C25H29N7O/c1-16(2)22-19(7-5-14-32(4)18-8-12-26-13-9-18)17(3)29-21(22)15-20-23(30-31-25(20)33)24-27-10-6-11-28-24/h6,8-13,15-16,29H,5,7,14H2,1-4H3,(H,31,33)/b20-15+. The predicted octanol–water partition coefficient (Wildman–Crippen LogP) is 3.62. The van der Waals surface area contributed by atoms with Gasteiger partial charge in [-0.05, 0) is 61.1 Å². The van der Waals surface area contributed by atoms with E-state index in [0.717, 1.165) is 36.5 Å². The number of aromatic nitrogens is 4. The summed E-state index contributed by atoms with van der Waals surface area (Å²) in [5.74, 6) is 0.475. The van der Waals surface area contributed by atoms with Crippen molar-refractivity contribution >= 4 is 23.4 Å². The molecule has 4 heterocycles. The number of anilines is 1. The third-order valence-corrected chi connectivity index (χ3v) is 5.83. The fourth-order valence-electron chi connectivity index (χ4n) is 4.23. The molecule has 8 nitrogen and oxygen atoms in total. The zero-order valence-electron chi connectivity index (χ0n) is 19.5. The molecule has 0 aromatic carbocycles. The molecule has 0 fully saturated rings. The molecule has 0 bridgehead atoms. The number of pyridine rings is 1. The molecule has 4 rings (SSSR count). The van der Waals surface area contributed by atoms with Gasteiger partial charge in [0, 0.05) is 55.5 Å². The third kappa shape index (κ3) is 4.84. The predicted molar refractivity (Wildman–Crippen MR) is 130 cm³/mol. The van der Waals surface area contributed by atoms with E-state index in [1.165, 1.54) is 11.1 Å². The van der Waals surface area contributed by atoms with Crippen LogP contribution in [-0.4, -0.2) is 45.1 Å². The van der Waals surface area contributed by atoms with Crippen molar-refractivity contribution in [2.24, 2.45) is 5.10 Å². The van der Waals surface area contributed by atoms with Crippen molar-refractivity contribution in [1.82, 2.24) is 25.4 Å². The van der Waals surface area contributed by atoms with Gasteiger partial charge in [0.05, 0.1) is 5.57 Å². The Morgan fingerprint density at radius 2 is 1.85 bits per heavy atom. The van der Waals surface area contributed by atoms with Crippen LogP contribution in [0.15, 0.2) is 53.7 Å². The zero-order chi connectivity index (χ0) is 23.4. The highest BCUT2D eigenvalue weighted by Gasteiger charge is 2.27. The number of amides is 1. The molecule has 3 aromatic rings. The van der Waals surface area contributed by atoms with Crippen molar-refractivity contribution < 1.29 is 4.79 Å². The maximum absolute atomic E-state index is 12.5. The van der Waals surface area contributed by atoms with E-state index in [-0.39, 0.29) is 5.91 Å². The molecule has 1 amide bonds. The molecule has 170 valence electrons. The Morgan fingerprint density at radius 3 is 2.55 bits per heavy atom. The first-order valence-electron chi connectivity index (χ1n) is 11.2. The molecule has 0 radical (unpaired) electrons. The average molecular weight is 444 g/mol. The second-order valence-corrected chi connectivity index (χ2v) is 8.47. The summed E-state index contributed by atoms with van der Waals surface area (Å²) in [5, 5.41) is 4.17. The van der Waals surface area contributed by atoms with Gasteiger partial charge in [-0.15, -0.1) is 0 Å². The Balaban J connectivity index is 1.58. The van der Waals surface area contributed by atoms with Crippen LogP contribution >= 0.6 is 0 Å². The van der Waals surface area contributed by atoms with E-state index in [9.17, 15) is 4.79 Å². The van der Waals surface area contributed by atoms with Crippen molar-refractivity contribution in [2.75, 3.05) is 18.5 Å². The summed E-state index contributed by atoms with van der Waals surface area (Å²) in [7, 11) is 2.10. The van der Waals surface area contributed by atoms with Gasteiger partial charge in [0.15, 0.2) is 5.82 Å². The molecule has 8 heteroatoms. The molecule has 1 aliphatic rings. The van der Waals surface area contributed by atoms with E-state index < -0.39 is 0 Å². The summed E-state index contributed by atoms with van der Waals surface area (Å²) < 4.78 is 0. The van der Waals surface area contributed by atoms with Crippen LogP contribution in [0.2, 0.25) is 0 Å². The second-order valence-electron chi connectivity index (χ2n) is 8.47. The minimum Gasteiger partial charge on any atom is -0.374 e. The SMILES string of the molecule is Cc1[nH]c(/C=C2/C(=O)NN=C2c2ncccn2)c(C(C)C)c1CCCN(C)c1ccncc1. The number of aromatic amines is 1. The highest BCUT2D eigenvalue weighted by molar-refractivity contribution is 6.32. The molecular weight excluding hydrogens is 414 g/mol. The van der Waals surface area contributed by atoms with Gasteiger partial charge in [-0.25, -0.2) is 15.4 Å². The van der Waals surface area contributed by atoms with E-state index in [1.807, 2.05) is 30.6 Å². The number of carbonyl (C=O) groups is 1. The summed E-state index contributed by atoms with van der Waals surface area (Å²) in [6.45, 7) is 7.40. The lowest BCUT2D eigenvalue weighted by atomic mass is 9.93. The Hall–Kier alpha value is -3.81. The van der Waals surface area contributed by atoms with Gasteiger partial charge < -0.3 is 9.88 Å². The third-order valence-electron chi connectivity index (χ3n) is 5.83. The summed E-state index contributed by atoms with van der Waals surface area (Å²) in [5.41, 5.74) is 9.25. The van der Waals surface area contributed by atoms with E-state index in [2.05, 4.69) is 63.2 Å². The summed E-state index contributed by atoms with van der Waals surface area (Å²) >= 11 is 0. The van der Waals surface area contributed by atoms with E-state index in [0.29, 0.717) is 23.0 Å². The van der Waals surface area contributed by atoms with Crippen molar-refractivity contribution in [3.8, 4) is 0 Å². The van der Waals surface area contributed by atoms with Crippen LogP contribution < -0.4 is 10.3 Å². The van der Waals surface area contributed by atoms with Crippen LogP contribution in [0.3, 0.4) is 0 Å². The Bertz CT molecular complexity index is 1180. The first kappa shape index (κ1) is 22.4. The maximum Gasteiger partial charge on any atom is 0.273 e. The lowest BCUT2D eigenvalue weighted by Gasteiger charge is -2.19. The fraction of sp³-hybridized carbons (Fsp3) is 0.320. The molecule has 0 spiro atoms. The van der Waals surface area contributed by atoms with E-state index in [1.54, 1.807) is 18.5 Å². The Morgan fingerprint density at radius 1 is 1.12 bits per heavy atom. The molecule has 33 heavy (non-hydrogen) atoms. The number of hydrazone groups is 1. The lowest BCUT2D eigenvalue weighted by Crippen LogP contribution is -2.19. The number of hydrogen-bond donors (Lipinski definition) is 2. The number of H-pyrrole nitrogens is 1. The van der Waals surface area contributed by atoms with Gasteiger partial charge in [0.2, 0.25) is 0 Å². The molecule has 0 atom stereocenters. The van der Waals surface area contributed by atoms with Gasteiger partial charge in [-0.3, -0.25) is 9.78 Å². The number of aryl methyl sites for hydroxylation is 1. The first-order valence-corrected chi connectivity index (χ1v) is 11.2. The zero-order valence-corrected chi connectivity index (χ0v) is 19.5. The van der Waals surface area contributed by atoms with Gasteiger partial charge >= 0.3 is 0 Å². The minimum absolute atomic E-state index is 0.250. The van der Waals surface area contributed by atoms with Gasteiger partial charge in [-0.2, -0.15) is 5.10 Å². The van der Waals surface area contributed by atoms with Crippen LogP contribution in [0.4, 0.5) is 5.69 Å². The number of hydrogen-bond acceptors (Lipinski definition) is 6. The molecule has 1 aliphatic heterocycles. The fourth-order valence-corrected chi connectivity index (χ4v) is 4.23. The average Bonchev–Trinajstić information content (AvgIpc) is 3.34. The van der Waals surface area contributed by atoms with Crippen molar-refractivity contribution in [3.05, 3.63) is 76.9 Å². The Labute approximate surface area is 193 Å². The summed E-state index contributed by atoms with van der Waals surface area (Å²) in [6, 6.07) is 5.78. The number of nitrogens with zero attached hydrogens (tertiary/aromatic N) is 5. The topological polar surface area (TPSA) is 99.2 Å². The molecule has 3 aromatic heterocycles. The summed E-state index contributed by atoms with van der Waals surface area (Å²) in [4.78, 5) is 30.9. The highest BCUT2D eigenvalue weighted by Crippen LogP contribution is 2.30. The molecule has 2 N–H and O–H groups in total. The molecule has 0 unspecified atom stereocenters. The van der Waals surface area contributed by atoms with Crippen LogP contribution in [0.5, 0.6) is 0 Å². The van der Waals surface area contributed by atoms with E-state index in [4.69, 9.17) is 0 Å². The molecule has 0 saturated carbocycles. The lowest BCUT2D eigenvalue weighted by molar-refractivity contribution is -0.116. The van der Waals surface area contributed by atoms with Crippen LogP contribution in [0.25, 0.3) is 6.08 Å². The van der Waals surface area contributed by atoms with Crippen molar-refractivity contribution in [2.45, 2.75) is 39.5 Å². The van der Waals surface area contributed by atoms with Gasteiger partial charge in [-0.1, -0.05) is 13.8 Å². The quantitative estimate of drug-likeness (QED) is 0.518. The van der Waals surface area contributed by atoms with Crippen LogP contribution in [-0.2, 0) is 11.2 Å². The number of rotatable bonds is 8. The monoisotopic (exact) mass is 443 g/mol. The minimum atomic E-state index is -0.250. The van der Waals surface area contributed by atoms with Gasteiger partial charge in [0.1, 0.15) is 5.71 Å². The van der Waals surface area contributed by atoms with E-state index >= 15 is 0 Å². The highest BCUT2D eigenvalue weighted by atomic mass is 16.2. The molecule has 0 aliphatic carbocycles. The second kappa shape index (κ2) is 9.77. The largest absolute Gasteiger partial charge is 0.374 e.